The van der Waals surface area contributed by atoms with Gasteiger partial charge in [-0.05, 0) is 73.1 Å². The van der Waals surface area contributed by atoms with Gasteiger partial charge in [0.25, 0.3) is 0 Å². The van der Waals surface area contributed by atoms with E-state index >= 15 is 0 Å². The molecule has 0 aromatic rings. The molecule has 0 amide bonds. The second-order valence-corrected chi connectivity index (χ2v) is 7.53. The van der Waals surface area contributed by atoms with Gasteiger partial charge in [0.2, 0.25) is 0 Å². The molecule has 0 aliphatic heterocycles. The highest BCUT2D eigenvalue weighted by Gasteiger charge is 2.21. The molecule has 0 bridgehead atoms. The molecule has 0 saturated heterocycles. The molecule has 2 N–H and O–H groups in total. The van der Waals surface area contributed by atoms with Crippen molar-refractivity contribution in [2.75, 3.05) is 6.54 Å². The van der Waals surface area contributed by atoms with Crippen molar-refractivity contribution in [1.29, 1.82) is 0 Å². The molecule has 1 nitrogen and oxygen atoms in total. The van der Waals surface area contributed by atoms with Gasteiger partial charge in [0.05, 0.1) is 0 Å². The molecule has 1 heteroatoms. The van der Waals surface area contributed by atoms with E-state index in [9.17, 15) is 0 Å². The molecule has 22 heavy (non-hydrogen) atoms. The lowest BCUT2D eigenvalue weighted by molar-refractivity contribution is 0.459. The van der Waals surface area contributed by atoms with Gasteiger partial charge in [-0.2, -0.15) is 0 Å². The third-order valence-electron chi connectivity index (χ3n) is 5.29. The van der Waals surface area contributed by atoms with Crippen LogP contribution in [0.25, 0.3) is 0 Å². The van der Waals surface area contributed by atoms with Crippen molar-refractivity contribution >= 4 is 0 Å². The first-order valence-electron chi connectivity index (χ1n) is 8.97. The van der Waals surface area contributed by atoms with Gasteiger partial charge in [-0.15, -0.1) is 0 Å². The van der Waals surface area contributed by atoms with Crippen LogP contribution in [0.15, 0.2) is 47.6 Å². The molecular weight excluding hydrogens is 266 g/mol. The van der Waals surface area contributed by atoms with Crippen LogP contribution in [0, 0.1) is 23.7 Å². The summed E-state index contributed by atoms with van der Waals surface area (Å²) in [6.45, 7) is 12.1. The summed E-state index contributed by atoms with van der Waals surface area (Å²) in [5.74, 6) is 2.53. The lowest BCUT2D eigenvalue weighted by atomic mass is 9.78. The Morgan fingerprint density at radius 1 is 1.41 bits per heavy atom. The van der Waals surface area contributed by atoms with Gasteiger partial charge in [0, 0.05) is 5.92 Å². The summed E-state index contributed by atoms with van der Waals surface area (Å²) in [4.78, 5) is 0. The zero-order valence-electron chi connectivity index (χ0n) is 14.6. The van der Waals surface area contributed by atoms with E-state index in [0.717, 1.165) is 31.7 Å². The SMILES string of the molecule is C=C(C1=CC(C2C=CC[C@H](C)C2)=CCC1)C(C)CC(C)CN. The second kappa shape index (κ2) is 7.97. The van der Waals surface area contributed by atoms with Crippen LogP contribution in [0.2, 0.25) is 0 Å². The Balaban J connectivity index is 2.05. The predicted molar refractivity (Wildman–Crippen MR) is 97.6 cm³/mol. The lowest BCUT2D eigenvalue weighted by Gasteiger charge is -2.27. The van der Waals surface area contributed by atoms with Crippen molar-refractivity contribution in [3.63, 3.8) is 0 Å². The van der Waals surface area contributed by atoms with Gasteiger partial charge >= 0.3 is 0 Å². The van der Waals surface area contributed by atoms with Gasteiger partial charge in [0.1, 0.15) is 0 Å². The average molecular weight is 300 g/mol. The Labute approximate surface area is 137 Å². The fourth-order valence-electron chi connectivity index (χ4n) is 3.73. The van der Waals surface area contributed by atoms with Crippen molar-refractivity contribution in [3.05, 3.63) is 47.6 Å². The summed E-state index contributed by atoms with van der Waals surface area (Å²) in [6, 6.07) is 0. The van der Waals surface area contributed by atoms with Crippen molar-refractivity contribution < 1.29 is 0 Å². The third kappa shape index (κ3) is 4.46. The summed E-state index contributed by atoms with van der Waals surface area (Å²) in [5.41, 5.74) is 10.1. The van der Waals surface area contributed by atoms with Gasteiger partial charge in [0.15, 0.2) is 0 Å². The quantitative estimate of drug-likeness (QED) is 0.652. The fourth-order valence-corrected chi connectivity index (χ4v) is 3.73. The minimum absolute atomic E-state index is 0.532. The van der Waals surface area contributed by atoms with Gasteiger partial charge in [-0.1, -0.05) is 51.7 Å². The molecule has 2 rings (SSSR count). The lowest BCUT2D eigenvalue weighted by Crippen LogP contribution is -2.16. The first-order valence-corrected chi connectivity index (χ1v) is 8.97. The highest BCUT2D eigenvalue weighted by Crippen LogP contribution is 2.36. The molecular formula is C21H33N. The van der Waals surface area contributed by atoms with E-state index in [1.807, 2.05) is 0 Å². The van der Waals surface area contributed by atoms with E-state index in [4.69, 9.17) is 5.73 Å². The maximum Gasteiger partial charge on any atom is 0.00175 e. The number of hydrogen-bond donors (Lipinski definition) is 1. The van der Waals surface area contributed by atoms with Crippen LogP contribution in [0.4, 0.5) is 0 Å². The molecule has 0 aromatic heterocycles. The molecule has 0 aromatic carbocycles. The molecule has 2 aliphatic carbocycles. The monoisotopic (exact) mass is 299 g/mol. The van der Waals surface area contributed by atoms with Gasteiger partial charge < -0.3 is 5.73 Å². The van der Waals surface area contributed by atoms with Crippen molar-refractivity contribution in [2.24, 2.45) is 29.4 Å². The second-order valence-electron chi connectivity index (χ2n) is 7.53. The Morgan fingerprint density at radius 2 is 2.18 bits per heavy atom. The smallest absolute Gasteiger partial charge is 0.00175 e. The van der Waals surface area contributed by atoms with Crippen LogP contribution in [0.5, 0.6) is 0 Å². The van der Waals surface area contributed by atoms with Gasteiger partial charge in [-0.3, -0.25) is 0 Å². The maximum atomic E-state index is 5.77. The van der Waals surface area contributed by atoms with Crippen LogP contribution in [0.1, 0.15) is 52.9 Å². The van der Waals surface area contributed by atoms with Crippen LogP contribution in [0.3, 0.4) is 0 Å². The standard InChI is InChI=1S/C21H33N/c1-15-7-5-9-20(12-15)21-10-6-8-19(13-21)18(4)17(3)11-16(2)14-22/h5,9-10,13,15-17,20H,4,6-8,11-12,14,22H2,1-3H3/t15-,16?,17?,20?/m0/s1. The van der Waals surface area contributed by atoms with E-state index < -0.39 is 0 Å². The molecule has 0 heterocycles. The van der Waals surface area contributed by atoms with Gasteiger partial charge in [-0.25, -0.2) is 0 Å². The molecule has 4 atom stereocenters. The third-order valence-corrected chi connectivity index (χ3v) is 5.29. The summed E-state index contributed by atoms with van der Waals surface area (Å²) >= 11 is 0. The average Bonchev–Trinajstić information content (AvgIpc) is 2.54. The number of hydrogen-bond acceptors (Lipinski definition) is 1. The van der Waals surface area contributed by atoms with E-state index in [1.54, 1.807) is 0 Å². The van der Waals surface area contributed by atoms with Crippen LogP contribution < -0.4 is 5.73 Å². The zero-order chi connectivity index (χ0) is 16.1. The Kier molecular flexibility index (Phi) is 6.26. The van der Waals surface area contributed by atoms with Crippen molar-refractivity contribution in [2.45, 2.75) is 52.9 Å². The van der Waals surface area contributed by atoms with Crippen LogP contribution in [-0.4, -0.2) is 6.54 Å². The molecule has 0 radical (unpaired) electrons. The summed E-state index contributed by atoms with van der Waals surface area (Å²) in [6.07, 6.45) is 15.6. The maximum absolute atomic E-state index is 5.77. The fraction of sp³-hybridized carbons (Fsp3) is 0.619. The largest absolute Gasteiger partial charge is 0.330 e. The highest BCUT2D eigenvalue weighted by molar-refractivity contribution is 5.42. The zero-order valence-corrected chi connectivity index (χ0v) is 14.6. The summed E-state index contributed by atoms with van der Waals surface area (Å²) in [5, 5.41) is 0. The normalized spacial score (nSPS) is 27.8. The molecule has 0 saturated carbocycles. The summed E-state index contributed by atoms with van der Waals surface area (Å²) in [7, 11) is 0. The number of allylic oxidation sites excluding steroid dienone is 7. The highest BCUT2D eigenvalue weighted by atomic mass is 14.5. The van der Waals surface area contributed by atoms with Crippen LogP contribution >= 0.6 is 0 Å². The van der Waals surface area contributed by atoms with E-state index in [1.165, 1.54) is 29.6 Å². The minimum atomic E-state index is 0.532. The minimum Gasteiger partial charge on any atom is -0.330 e. The molecule has 0 spiro atoms. The predicted octanol–water partition coefficient (Wildman–Crippen LogP) is 5.41. The molecule has 3 unspecified atom stereocenters. The topological polar surface area (TPSA) is 26.0 Å². The van der Waals surface area contributed by atoms with E-state index in [-0.39, 0.29) is 0 Å². The first-order chi connectivity index (χ1) is 10.5. The number of nitrogens with two attached hydrogens (primary N) is 1. The Morgan fingerprint density at radius 3 is 2.86 bits per heavy atom. The Hall–Kier alpha value is -1.08. The van der Waals surface area contributed by atoms with E-state index in [2.05, 4.69) is 51.7 Å². The first kappa shape index (κ1) is 17.3. The van der Waals surface area contributed by atoms with E-state index in [0.29, 0.717) is 17.8 Å². The molecule has 122 valence electrons. The number of rotatable bonds is 6. The van der Waals surface area contributed by atoms with Crippen molar-refractivity contribution in [1.82, 2.24) is 0 Å². The summed E-state index contributed by atoms with van der Waals surface area (Å²) < 4.78 is 0. The molecule has 2 aliphatic rings. The Bertz CT molecular complexity index is 480. The van der Waals surface area contributed by atoms with Crippen LogP contribution in [-0.2, 0) is 0 Å². The molecule has 0 fully saturated rings. The van der Waals surface area contributed by atoms with Crippen molar-refractivity contribution in [3.8, 4) is 0 Å².